The summed E-state index contributed by atoms with van der Waals surface area (Å²) in [5.41, 5.74) is 2.34. The first-order valence-electron chi connectivity index (χ1n) is 6.14. The average molecular weight is 319 g/mol. The molecule has 0 fully saturated rings. The maximum absolute atomic E-state index is 11.2. The zero-order valence-electron chi connectivity index (χ0n) is 10.8. The first-order chi connectivity index (χ1) is 9.95. The summed E-state index contributed by atoms with van der Waals surface area (Å²) in [5.74, 6) is 0. The molecule has 0 spiro atoms. The van der Waals surface area contributed by atoms with E-state index in [0.29, 0.717) is 5.02 Å². The van der Waals surface area contributed by atoms with E-state index >= 15 is 0 Å². The van der Waals surface area contributed by atoms with Crippen LogP contribution in [0.5, 0.6) is 0 Å². The Bertz CT molecular complexity index is 922. The van der Waals surface area contributed by atoms with E-state index in [0.717, 1.165) is 22.2 Å². The van der Waals surface area contributed by atoms with E-state index in [-0.39, 0.29) is 4.90 Å². The molecule has 3 rings (SSSR count). The number of primary sulfonamides is 1. The lowest BCUT2D eigenvalue weighted by Gasteiger charge is -2.05. The van der Waals surface area contributed by atoms with E-state index in [2.05, 4.69) is 4.98 Å². The minimum atomic E-state index is -3.68. The molecular weight excluding hydrogens is 308 g/mol. The summed E-state index contributed by atoms with van der Waals surface area (Å²) in [5, 5.41) is 6.61. The van der Waals surface area contributed by atoms with E-state index in [1.165, 1.54) is 12.1 Å². The third-order valence-corrected chi connectivity index (χ3v) is 4.42. The molecule has 106 valence electrons. The smallest absolute Gasteiger partial charge is 0.238 e. The molecule has 2 aromatic carbocycles. The first kappa shape index (κ1) is 14.0. The Morgan fingerprint density at radius 2 is 1.67 bits per heavy atom. The number of hydrogen-bond donors (Lipinski definition) is 1. The predicted molar refractivity (Wildman–Crippen MR) is 83.6 cm³/mol. The molecule has 21 heavy (non-hydrogen) atoms. The predicted octanol–water partition coefficient (Wildman–Crippen LogP) is 3.20. The van der Waals surface area contributed by atoms with Crippen LogP contribution in [0.3, 0.4) is 0 Å². The highest BCUT2D eigenvalue weighted by Crippen LogP contribution is 2.26. The maximum Gasteiger partial charge on any atom is 0.238 e. The minimum absolute atomic E-state index is 0.0788. The average Bonchev–Trinajstić information content (AvgIpc) is 2.46. The lowest BCUT2D eigenvalue weighted by Crippen LogP contribution is -2.11. The first-order valence-corrected chi connectivity index (χ1v) is 8.06. The van der Waals surface area contributed by atoms with Gasteiger partial charge in [-0.1, -0.05) is 29.8 Å². The van der Waals surface area contributed by atoms with Crippen LogP contribution in [0.25, 0.3) is 22.2 Å². The summed E-state index contributed by atoms with van der Waals surface area (Å²) in [6.07, 6.45) is 0. The molecule has 0 atom stereocenters. The molecule has 0 aliphatic heterocycles. The lowest BCUT2D eigenvalue weighted by atomic mass is 10.1. The maximum atomic E-state index is 11.2. The zero-order valence-corrected chi connectivity index (χ0v) is 12.4. The normalized spacial score (nSPS) is 11.7. The van der Waals surface area contributed by atoms with Crippen molar-refractivity contribution >= 4 is 32.5 Å². The highest BCUT2D eigenvalue weighted by molar-refractivity contribution is 7.89. The second-order valence-electron chi connectivity index (χ2n) is 4.57. The quantitative estimate of drug-likeness (QED) is 0.788. The fraction of sp³-hybridized carbons (Fsp3) is 0. The van der Waals surface area contributed by atoms with Gasteiger partial charge in [-0.3, -0.25) is 0 Å². The Morgan fingerprint density at radius 3 is 2.33 bits per heavy atom. The highest BCUT2D eigenvalue weighted by atomic mass is 35.5. The Kier molecular flexibility index (Phi) is 3.41. The molecule has 0 aliphatic carbocycles. The topological polar surface area (TPSA) is 73.1 Å². The molecule has 0 bridgehead atoms. The minimum Gasteiger partial charge on any atom is -0.248 e. The van der Waals surface area contributed by atoms with Crippen LogP contribution in [-0.4, -0.2) is 13.4 Å². The van der Waals surface area contributed by atoms with Crippen LogP contribution in [-0.2, 0) is 10.0 Å². The van der Waals surface area contributed by atoms with E-state index < -0.39 is 10.0 Å². The van der Waals surface area contributed by atoms with Gasteiger partial charge < -0.3 is 0 Å². The zero-order chi connectivity index (χ0) is 15.0. The molecule has 4 nitrogen and oxygen atoms in total. The van der Waals surface area contributed by atoms with E-state index in [4.69, 9.17) is 16.7 Å². The molecule has 0 unspecified atom stereocenters. The fourth-order valence-corrected chi connectivity index (χ4v) is 2.84. The third kappa shape index (κ3) is 2.76. The van der Waals surface area contributed by atoms with Crippen molar-refractivity contribution in [3.8, 4) is 11.3 Å². The fourth-order valence-electron chi connectivity index (χ4n) is 2.09. The molecule has 0 radical (unpaired) electrons. The number of aromatic nitrogens is 1. The Labute approximate surface area is 127 Å². The second kappa shape index (κ2) is 5.11. The Morgan fingerprint density at radius 1 is 0.952 bits per heavy atom. The van der Waals surface area contributed by atoms with Crippen molar-refractivity contribution in [2.75, 3.05) is 0 Å². The lowest BCUT2D eigenvalue weighted by molar-refractivity contribution is 0.598. The van der Waals surface area contributed by atoms with Gasteiger partial charge in [0.2, 0.25) is 10.0 Å². The molecule has 2 N–H and O–H groups in total. The molecule has 1 aromatic heterocycles. The molecule has 0 amide bonds. The van der Waals surface area contributed by atoms with Gasteiger partial charge in [-0.2, -0.15) is 0 Å². The Balaban J connectivity index is 2.08. The van der Waals surface area contributed by atoms with Gasteiger partial charge in [-0.15, -0.1) is 0 Å². The largest absolute Gasteiger partial charge is 0.248 e. The van der Waals surface area contributed by atoms with Gasteiger partial charge in [0.05, 0.1) is 16.1 Å². The number of nitrogens with two attached hydrogens (primary N) is 1. The molecular formula is C15H11ClN2O2S. The summed E-state index contributed by atoms with van der Waals surface area (Å²) in [6, 6.07) is 15.6. The van der Waals surface area contributed by atoms with Crippen LogP contribution < -0.4 is 5.14 Å². The van der Waals surface area contributed by atoms with E-state index in [1.54, 1.807) is 12.1 Å². The number of pyridine rings is 1. The van der Waals surface area contributed by atoms with Crippen LogP contribution in [0.15, 0.2) is 59.5 Å². The van der Waals surface area contributed by atoms with E-state index in [1.807, 2.05) is 30.3 Å². The summed E-state index contributed by atoms with van der Waals surface area (Å²) in [7, 11) is -3.68. The van der Waals surface area contributed by atoms with Gasteiger partial charge in [0.25, 0.3) is 0 Å². The SMILES string of the molecule is NS(=O)(=O)c1ccc(-c2ccc3c(Cl)cccc3n2)cc1. The van der Waals surface area contributed by atoms with Crippen molar-refractivity contribution in [3.63, 3.8) is 0 Å². The number of benzene rings is 2. The number of rotatable bonds is 2. The van der Waals surface area contributed by atoms with Crippen LogP contribution in [0.2, 0.25) is 5.02 Å². The summed E-state index contributed by atoms with van der Waals surface area (Å²) in [4.78, 5) is 4.61. The van der Waals surface area contributed by atoms with Crippen molar-refractivity contribution < 1.29 is 8.42 Å². The number of sulfonamides is 1. The van der Waals surface area contributed by atoms with Gasteiger partial charge in [0.1, 0.15) is 0 Å². The van der Waals surface area contributed by atoms with Gasteiger partial charge in [0, 0.05) is 16.0 Å². The Hall–Kier alpha value is -1.95. The van der Waals surface area contributed by atoms with Crippen molar-refractivity contribution in [2.24, 2.45) is 5.14 Å². The number of nitrogens with zero attached hydrogens (tertiary/aromatic N) is 1. The van der Waals surface area contributed by atoms with Gasteiger partial charge in [-0.05, 0) is 36.4 Å². The second-order valence-corrected chi connectivity index (χ2v) is 6.54. The summed E-state index contributed by atoms with van der Waals surface area (Å²) < 4.78 is 22.5. The molecule has 1 heterocycles. The number of hydrogen-bond acceptors (Lipinski definition) is 3. The van der Waals surface area contributed by atoms with Crippen molar-refractivity contribution in [1.29, 1.82) is 0 Å². The van der Waals surface area contributed by atoms with E-state index in [9.17, 15) is 8.42 Å². The third-order valence-electron chi connectivity index (χ3n) is 3.16. The van der Waals surface area contributed by atoms with Crippen LogP contribution in [0.4, 0.5) is 0 Å². The summed E-state index contributed by atoms with van der Waals surface area (Å²) >= 11 is 6.11. The van der Waals surface area contributed by atoms with Crippen LogP contribution >= 0.6 is 11.6 Å². The number of halogens is 1. The van der Waals surface area contributed by atoms with Gasteiger partial charge in [-0.25, -0.2) is 18.5 Å². The van der Waals surface area contributed by atoms with Gasteiger partial charge >= 0.3 is 0 Å². The monoisotopic (exact) mass is 318 g/mol. The molecule has 0 saturated heterocycles. The standard InChI is InChI=1S/C15H11ClN2O2S/c16-13-2-1-3-15-12(13)8-9-14(18-15)10-4-6-11(7-5-10)21(17,19)20/h1-9H,(H2,17,19,20). The van der Waals surface area contributed by atoms with Crippen molar-refractivity contribution in [2.45, 2.75) is 4.90 Å². The highest BCUT2D eigenvalue weighted by Gasteiger charge is 2.08. The molecule has 3 aromatic rings. The van der Waals surface area contributed by atoms with Crippen LogP contribution in [0, 0.1) is 0 Å². The number of fused-ring (bicyclic) bond motifs is 1. The van der Waals surface area contributed by atoms with Crippen LogP contribution in [0.1, 0.15) is 0 Å². The molecule has 0 aliphatic rings. The summed E-state index contributed by atoms with van der Waals surface area (Å²) in [6.45, 7) is 0. The molecule has 0 saturated carbocycles. The molecule has 6 heteroatoms. The van der Waals surface area contributed by atoms with Crippen molar-refractivity contribution in [3.05, 3.63) is 59.6 Å². The van der Waals surface area contributed by atoms with Crippen molar-refractivity contribution in [1.82, 2.24) is 4.98 Å². The van der Waals surface area contributed by atoms with Gasteiger partial charge in [0.15, 0.2) is 0 Å².